The third-order valence-electron chi connectivity index (χ3n) is 2.05. The summed E-state index contributed by atoms with van der Waals surface area (Å²) < 4.78 is 0. The lowest BCUT2D eigenvalue weighted by molar-refractivity contribution is 0.396. The van der Waals surface area contributed by atoms with Crippen LogP contribution in [0.2, 0.25) is 0 Å². The Bertz CT molecular complexity index is 261. The first-order valence-corrected chi connectivity index (χ1v) is 6.01. The second kappa shape index (κ2) is 5.81. The minimum atomic E-state index is 1.05. The van der Waals surface area contributed by atoms with Crippen molar-refractivity contribution in [1.82, 2.24) is 9.88 Å². The fourth-order valence-corrected chi connectivity index (χ4v) is 2.06. The van der Waals surface area contributed by atoms with Gasteiger partial charge in [0.05, 0.1) is 5.70 Å². The predicted octanol–water partition coefficient (Wildman–Crippen LogP) is 3.24. The van der Waals surface area contributed by atoms with Gasteiger partial charge in [-0.25, -0.2) is 4.98 Å². The van der Waals surface area contributed by atoms with Crippen molar-refractivity contribution in [3.05, 3.63) is 23.2 Å². The smallest absolute Gasteiger partial charge is 0.138 e. The summed E-state index contributed by atoms with van der Waals surface area (Å²) in [7, 11) is 0. The molecule has 0 amide bonds. The molecule has 0 aliphatic carbocycles. The molecule has 0 aliphatic rings. The van der Waals surface area contributed by atoms with E-state index in [0.29, 0.717) is 0 Å². The molecule has 3 heteroatoms. The number of hydrogen-bond donors (Lipinski definition) is 0. The van der Waals surface area contributed by atoms with Crippen molar-refractivity contribution in [2.45, 2.75) is 26.7 Å². The molecule has 78 valence electrons. The zero-order valence-electron chi connectivity index (χ0n) is 8.99. The van der Waals surface area contributed by atoms with Gasteiger partial charge in [0.15, 0.2) is 0 Å². The van der Waals surface area contributed by atoms with Gasteiger partial charge < -0.3 is 4.90 Å². The Labute approximate surface area is 90.3 Å². The van der Waals surface area contributed by atoms with Crippen LogP contribution < -0.4 is 0 Å². The first kappa shape index (κ1) is 11.2. The molecule has 1 aromatic rings. The summed E-state index contributed by atoms with van der Waals surface area (Å²) in [6.45, 7) is 10.6. The fourth-order valence-electron chi connectivity index (χ4n) is 1.42. The number of hydrogen-bond acceptors (Lipinski definition) is 3. The zero-order chi connectivity index (χ0) is 10.4. The van der Waals surface area contributed by atoms with Gasteiger partial charge in [-0.15, -0.1) is 11.3 Å². The van der Waals surface area contributed by atoms with Crippen LogP contribution in [0.15, 0.2) is 18.2 Å². The predicted molar refractivity (Wildman–Crippen MR) is 63.3 cm³/mol. The molecule has 0 aromatic carbocycles. The highest BCUT2D eigenvalue weighted by Gasteiger charge is 2.09. The molecule has 14 heavy (non-hydrogen) atoms. The molecule has 1 aromatic heterocycles. The summed E-state index contributed by atoms with van der Waals surface area (Å²) >= 11 is 1.66. The highest BCUT2D eigenvalue weighted by molar-refractivity contribution is 7.10. The van der Waals surface area contributed by atoms with E-state index in [1.54, 1.807) is 11.3 Å². The van der Waals surface area contributed by atoms with Crippen molar-refractivity contribution >= 4 is 17.0 Å². The van der Waals surface area contributed by atoms with Crippen molar-refractivity contribution in [3.63, 3.8) is 0 Å². The molecular formula is C11H18N2S. The molecule has 0 atom stereocenters. The van der Waals surface area contributed by atoms with Gasteiger partial charge in [-0.05, 0) is 12.8 Å². The van der Waals surface area contributed by atoms with Crippen molar-refractivity contribution < 1.29 is 0 Å². The standard InChI is InChI=1S/C11H18N2S/c1-4-7-13(8-5-2)10(3)11-12-6-9-14-11/h6,9H,3-5,7-8H2,1-2H3. The van der Waals surface area contributed by atoms with Gasteiger partial charge in [-0.3, -0.25) is 0 Å². The molecule has 0 unspecified atom stereocenters. The molecule has 1 heterocycles. The highest BCUT2D eigenvalue weighted by atomic mass is 32.1. The number of rotatable bonds is 6. The second-order valence-corrected chi connectivity index (χ2v) is 4.17. The van der Waals surface area contributed by atoms with Crippen molar-refractivity contribution in [1.29, 1.82) is 0 Å². The van der Waals surface area contributed by atoms with Crippen LogP contribution in [0.4, 0.5) is 0 Å². The van der Waals surface area contributed by atoms with E-state index >= 15 is 0 Å². The van der Waals surface area contributed by atoms with Crippen molar-refractivity contribution in [3.8, 4) is 0 Å². The molecule has 0 saturated carbocycles. The Balaban J connectivity index is 2.63. The molecule has 0 aliphatic heterocycles. The SMILES string of the molecule is C=C(c1nccs1)N(CCC)CCC. The molecule has 0 spiro atoms. The van der Waals surface area contributed by atoms with Crippen LogP contribution in [-0.4, -0.2) is 23.0 Å². The van der Waals surface area contributed by atoms with E-state index in [2.05, 4.69) is 30.3 Å². The van der Waals surface area contributed by atoms with Gasteiger partial charge in [0.1, 0.15) is 5.01 Å². The minimum absolute atomic E-state index is 1.05. The third kappa shape index (κ3) is 2.84. The van der Waals surface area contributed by atoms with Crippen LogP contribution in [-0.2, 0) is 0 Å². The molecule has 0 bridgehead atoms. The maximum absolute atomic E-state index is 4.28. The number of thiazole rings is 1. The van der Waals surface area contributed by atoms with Gasteiger partial charge >= 0.3 is 0 Å². The van der Waals surface area contributed by atoms with E-state index in [-0.39, 0.29) is 0 Å². The third-order valence-corrected chi connectivity index (χ3v) is 2.87. The Hall–Kier alpha value is -0.830. The Kier molecular flexibility index (Phi) is 4.66. The monoisotopic (exact) mass is 210 g/mol. The first-order valence-electron chi connectivity index (χ1n) is 5.13. The minimum Gasteiger partial charge on any atom is -0.370 e. The summed E-state index contributed by atoms with van der Waals surface area (Å²) in [6.07, 6.45) is 4.15. The van der Waals surface area contributed by atoms with Crippen LogP contribution in [0.1, 0.15) is 31.7 Å². The zero-order valence-corrected chi connectivity index (χ0v) is 9.81. The molecule has 2 nitrogen and oxygen atoms in total. The molecule has 1 rings (SSSR count). The van der Waals surface area contributed by atoms with Gasteiger partial charge in [0, 0.05) is 24.7 Å². The van der Waals surface area contributed by atoms with Crippen LogP contribution in [0, 0.1) is 0 Å². The van der Waals surface area contributed by atoms with Crippen LogP contribution in [0.5, 0.6) is 0 Å². The van der Waals surface area contributed by atoms with E-state index in [9.17, 15) is 0 Å². The molecule has 0 fully saturated rings. The molecular weight excluding hydrogens is 192 g/mol. The summed E-state index contributed by atoms with van der Waals surface area (Å²) in [5.41, 5.74) is 1.07. The largest absolute Gasteiger partial charge is 0.370 e. The van der Waals surface area contributed by atoms with E-state index in [1.165, 1.54) is 0 Å². The maximum Gasteiger partial charge on any atom is 0.138 e. The highest BCUT2D eigenvalue weighted by Crippen LogP contribution is 2.19. The topological polar surface area (TPSA) is 16.1 Å². The lowest BCUT2D eigenvalue weighted by Gasteiger charge is -2.24. The lowest BCUT2D eigenvalue weighted by Crippen LogP contribution is -2.23. The Morgan fingerprint density at radius 3 is 2.50 bits per heavy atom. The first-order chi connectivity index (χ1) is 6.79. The second-order valence-electron chi connectivity index (χ2n) is 3.27. The average molecular weight is 210 g/mol. The summed E-state index contributed by atoms with van der Waals surface area (Å²) in [5.74, 6) is 0. The molecule has 0 radical (unpaired) electrons. The average Bonchev–Trinajstić information content (AvgIpc) is 2.69. The van der Waals surface area contributed by atoms with E-state index < -0.39 is 0 Å². The quantitative estimate of drug-likeness (QED) is 0.716. The molecule has 0 N–H and O–H groups in total. The van der Waals surface area contributed by atoms with E-state index in [4.69, 9.17) is 0 Å². The Morgan fingerprint density at radius 1 is 1.43 bits per heavy atom. The van der Waals surface area contributed by atoms with Gasteiger partial charge in [0.2, 0.25) is 0 Å². The maximum atomic E-state index is 4.28. The lowest BCUT2D eigenvalue weighted by atomic mass is 10.3. The number of aromatic nitrogens is 1. The van der Waals surface area contributed by atoms with Crippen LogP contribution >= 0.6 is 11.3 Å². The summed E-state index contributed by atoms with van der Waals surface area (Å²) in [5, 5.41) is 3.04. The normalized spacial score (nSPS) is 10.1. The van der Waals surface area contributed by atoms with Gasteiger partial charge in [0.25, 0.3) is 0 Å². The van der Waals surface area contributed by atoms with Crippen molar-refractivity contribution in [2.24, 2.45) is 0 Å². The summed E-state index contributed by atoms with van der Waals surface area (Å²) in [4.78, 5) is 6.60. The van der Waals surface area contributed by atoms with Gasteiger partial charge in [-0.2, -0.15) is 0 Å². The van der Waals surface area contributed by atoms with Crippen LogP contribution in [0.25, 0.3) is 5.70 Å². The Morgan fingerprint density at radius 2 is 2.07 bits per heavy atom. The molecule has 0 saturated heterocycles. The van der Waals surface area contributed by atoms with E-state index in [0.717, 1.165) is 36.6 Å². The van der Waals surface area contributed by atoms with Crippen molar-refractivity contribution in [2.75, 3.05) is 13.1 Å². The fraction of sp³-hybridized carbons (Fsp3) is 0.545. The number of nitrogens with zero attached hydrogens (tertiary/aromatic N) is 2. The van der Waals surface area contributed by atoms with Gasteiger partial charge in [-0.1, -0.05) is 20.4 Å². The summed E-state index contributed by atoms with van der Waals surface area (Å²) in [6, 6.07) is 0. The van der Waals surface area contributed by atoms with Crippen LogP contribution in [0.3, 0.4) is 0 Å². The van der Waals surface area contributed by atoms with E-state index in [1.807, 2.05) is 11.6 Å².